The highest BCUT2D eigenvalue weighted by atomic mass is 35.5. The molecule has 4 rings (SSSR count). The van der Waals surface area contributed by atoms with Crippen LogP contribution < -0.4 is 11.1 Å². The van der Waals surface area contributed by atoms with E-state index in [-0.39, 0.29) is 28.5 Å². The molecule has 0 unspecified atom stereocenters. The van der Waals surface area contributed by atoms with E-state index in [0.717, 1.165) is 12.5 Å². The van der Waals surface area contributed by atoms with Gasteiger partial charge in [0.25, 0.3) is 5.91 Å². The zero-order chi connectivity index (χ0) is 21.7. The molecule has 1 spiro atoms. The fourth-order valence-electron chi connectivity index (χ4n) is 3.99. The van der Waals surface area contributed by atoms with Crippen molar-refractivity contribution in [2.75, 3.05) is 11.1 Å². The van der Waals surface area contributed by atoms with E-state index in [1.807, 2.05) is 0 Å². The maximum absolute atomic E-state index is 14.7. The number of carbonyl (C=O) groups excluding carboxylic acids is 1. The second kappa shape index (κ2) is 7.02. The number of carbonyl (C=O) groups is 1. The van der Waals surface area contributed by atoms with Crippen LogP contribution in [0.25, 0.3) is 0 Å². The first-order valence-electron chi connectivity index (χ1n) is 9.37. The first kappa shape index (κ1) is 20.7. The van der Waals surface area contributed by atoms with E-state index in [1.54, 1.807) is 0 Å². The van der Waals surface area contributed by atoms with Gasteiger partial charge in [0.15, 0.2) is 9.84 Å². The minimum absolute atomic E-state index is 0.0294. The summed E-state index contributed by atoms with van der Waals surface area (Å²) in [4.78, 5) is 20.8. The second-order valence-corrected chi connectivity index (χ2v) is 10.6. The van der Waals surface area contributed by atoms with Crippen molar-refractivity contribution in [3.05, 3.63) is 58.6 Å². The van der Waals surface area contributed by atoms with E-state index >= 15 is 0 Å². The van der Waals surface area contributed by atoms with Crippen LogP contribution in [0, 0.1) is 5.82 Å². The van der Waals surface area contributed by atoms with E-state index in [9.17, 15) is 17.6 Å². The van der Waals surface area contributed by atoms with Crippen LogP contribution in [0.2, 0.25) is 5.02 Å². The number of rotatable bonds is 3. The van der Waals surface area contributed by atoms with Crippen LogP contribution in [0.3, 0.4) is 0 Å². The van der Waals surface area contributed by atoms with Crippen LogP contribution in [-0.2, 0) is 15.4 Å². The van der Waals surface area contributed by atoms with E-state index in [0.29, 0.717) is 17.9 Å². The van der Waals surface area contributed by atoms with Crippen molar-refractivity contribution < 1.29 is 17.6 Å². The fraction of sp³-hybridized carbons (Fsp3) is 0.350. The van der Waals surface area contributed by atoms with Gasteiger partial charge in [-0.3, -0.25) is 9.79 Å². The first-order valence-corrected chi connectivity index (χ1v) is 11.4. The Bertz CT molecular complexity index is 1160. The fourth-order valence-corrected chi connectivity index (χ4v) is 6.61. The molecule has 1 aromatic heterocycles. The number of benzene rings is 1. The predicted molar refractivity (Wildman–Crippen MR) is 113 cm³/mol. The summed E-state index contributed by atoms with van der Waals surface area (Å²) in [6.45, 7) is 1.54. The van der Waals surface area contributed by atoms with Crippen LogP contribution in [-0.4, -0.2) is 35.6 Å². The molecule has 10 heteroatoms. The smallest absolute Gasteiger partial charge is 0.274 e. The number of aliphatic imine (C=N–C) groups is 1. The molecule has 1 amide bonds. The molecule has 2 aliphatic rings. The van der Waals surface area contributed by atoms with Gasteiger partial charge in [-0.05, 0) is 56.5 Å². The number of amidine groups is 1. The molecule has 0 radical (unpaired) electrons. The van der Waals surface area contributed by atoms with Crippen LogP contribution in [0.4, 0.5) is 10.1 Å². The number of nitrogens with two attached hydrogens (primary N) is 1. The third kappa shape index (κ3) is 3.26. The van der Waals surface area contributed by atoms with Crippen LogP contribution >= 0.6 is 11.6 Å². The quantitative estimate of drug-likeness (QED) is 0.745. The average molecular weight is 451 g/mol. The number of pyridine rings is 1. The Morgan fingerprint density at radius 3 is 2.57 bits per heavy atom. The number of aromatic nitrogens is 1. The Morgan fingerprint density at radius 2 is 2.00 bits per heavy atom. The number of nitrogens with one attached hydrogen (secondary N) is 1. The number of amides is 1. The molecule has 0 saturated heterocycles. The molecule has 1 aliphatic carbocycles. The third-order valence-electron chi connectivity index (χ3n) is 5.83. The summed E-state index contributed by atoms with van der Waals surface area (Å²) in [5, 5.41) is 3.02. The number of anilines is 1. The van der Waals surface area contributed by atoms with Gasteiger partial charge in [-0.2, -0.15) is 0 Å². The third-order valence-corrected chi connectivity index (χ3v) is 8.80. The van der Waals surface area contributed by atoms with Gasteiger partial charge in [0, 0.05) is 17.4 Å². The molecule has 2 heterocycles. The lowest BCUT2D eigenvalue weighted by atomic mass is 9.82. The van der Waals surface area contributed by atoms with Crippen molar-refractivity contribution in [3.8, 4) is 0 Å². The predicted octanol–water partition coefficient (Wildman–Crippen LogP) is 3.05. The molecule has 1 atom stereocenters. The van der Waals surface area contributed by atoms with Gasteiger partial charge < -0.3 is 11.1 Å². The highest BCUT2D eigenvalue weighted by Gasteiger charge is 2.58. The molecular weight excluding hydrogens is 431 g/mol. The number of hydrogen-bond acceptors (Lipinski definition) is 6. The van der Waals surface area contributed by atoms with Gasteiger partial charge in [0.1, 0.15) is 27.6 Å². The summed E-state index contributed by atoms with van der Waals surface area (Å²) in [6, 6.07) is 6.92. The molecule has 30 heavy (non-hydrogen) atoms. The van der Waals surface area contributed by atoms with Crippen molar-refractivity contribution in [3.63, 3.8) is 0 Å². The monoisotopic (exact) mass is 450 g/mol. The van der Waals surface area contributed by atoms with Crippen LogP contribution in [0.15, 0.2) is 41.5 Å². The summed E-state index contributed by atoms with van der Waals surface area (Å²) in [5.74, 6) is -1.46. The SMILES string of the molecule is C[C@@]1(c2cc(NC(=O)c3ccc(Cl)cn3)ccc2F)CS(=O)(=O)C2(CCC2)C(N)=N1. The van der Waals surface area contributed by atoms with Gasteiger partial charge >= 0.3 is 0 Å². The Balaban J connectivity index is 1.68. The normalized spacial score (nSPS) is 24.0. The van der Waals surface area contributed by atoms with Crippen LogP contribution in [0.5, 0.6) is 0 Å². The molecule has 2 aromatic rings. The second-order valence-electron chi connectivity index (χ2n) is 7.89. The number of nitrogens with zero attached hydrogens (tertiary/aromatic N) is 2. The zero-order valence-corrected chi connectivity index (χ0v) is 17.7. The Morgan fingerprint density at radius 1 is 1.27 bits per heavy atom. The minimum atomic E-state index is -3.62. The van der Waals surface area contributed by atoms with Crippen molar-refractivity contribution in [1.82, 2.24) is 4.98 Å². The summed E-state index contributed by atoms with van der Waals surface area (Å²) in [5.41, 5.74) is 5.14. The van der Waals surface area contributed by atoms with Crippen molar-refractivity contribution in [2.45, 2.75) is 36.5 Å². The average Bonchev–Trinajstić information content (AvgIpc) is 2.61. The van der Waals surface area contributed by atoms with E-state index < -0.39 is 31.8 Å². The molecule has 3 N–H and O–H groups in total. The summed E-state index contributed by atoms with van der Waals surface area (Å²) >= 11 is 5.78. The topological polar surface area (TPSA) is 115 Å². The number of halogens is 2. The van der Waals surface area contributed by atoms with Gasteiger partial charge in [0.2, 0.25) is 0 Å². The highest BCUT2D eigenvalue weighted by Crippen LogP contribution is 2.47. The molecule has 7 nitrogen and oxygen atoms in total. The highest BCUT2D eigenvalue weighted by molar-refractivity contribution is 7.93. The van der Waals surface area contributed by atoms with Crippen molar-refractivity contribution >= 4 is 38.9 Å². The lowest BCUT2D eigenvalue weighted by Gasteiger charge is -2.46. The maximum atomic E-state index is 14.7. The molecular formula is C20H20ClFN4O3S. The number of hydrogen-bond donors (Lipinski definition) is 2. The summed E-state index contributed by atoms with van der Waals surface area (Å²) < 4.78 is 39.6. The van der Waals surface area contributed by atoms with Crippen LogP contribution in [0.1, 0.15) is 42.2 Å². The van der Waals surface area contributed by atoms with Gasteiger partial charge in [-0.15, -0.1) is 0 Å². The summed E-state index contributed by atoms with van der Waals surface area (Å²) in [7, 11) is -3.62. The zero-order valence-electron chi connectivity index (χ0n) is 16.2. The van der Waals surface area contributed by atoms with E-state index in [1.165, 1.54) is 37.4 Å². The Kier molecular flexibility index (Phi) is 4.85. The molecule has 0 bridgehead atoms. The molecule has 1 aromatic carbocycles. The number of sulfone groups is 1. The lowest BCUT2D eigenvalue weighted by molar-refractivity contribution is 0.102. The van der Waals surface area contributed by atoms with E-state index in [2.05, 4.69) is 15.3 Å². The maximum Gasteiger partial charge on any atom is 0.274 e. The molecule has 158 valence electrons. The van der Waals surface area contributed by atoms with Gasteiger partial charge in [-0.1, -0.05) is 11.6 Å². The largest absolute Gasteiger partial charge is 0.386 e. The van der Waals surface area contributed by atoms with Gasteiger partial charge in [-0.25, -0.2) is 17.8 Å². The lowest BCUT2D eigenvalue weighted by Crippen LogP contribution is -2.61. The summed E-state index contributed by atoms with van der Waals surface area (Å²) in [6.07, 6.45) is 2.98. The molecule has 1 aliphatic heterocycles. The first-order chi connectivity index (χ1) is 14.1. The minimum Gasteiger partial charge on any atom is -0.386 e. The Labute approximate surface area is 178 Å². The van der Waals surface area contributed by atoms with E-state index in [4.69, 9.17) is 17.3 Å². The van der Waals surface area contributed by atoms with Gasteiger partial charge in [0.05, 0.1) is 10.8 Å². The van der Waals surface area contributed by atoms with Crippen molar-refractivity contribution in [1.29, 1.82) is 0 Å². The van der Waals surface area contributed by atoms with Crippen molar-refractivity contribution in [2.24, 2.45) is 10.7 Å². The Hall–Kier alpha value is -2.52. The molecule has 1 fully saturated rings. The standard InChI is InChI=1S/C20H20ClFN4O3S/c1-19(11-30(28,29)20(7-2-8-20)18(23)26-19)14-9-13(4-5-15(14)22)25-17(27)16-6-3-12(21)10-24-16/h3-6,9-10H,2,7-8,11H2,1H3,(H2,23,26)(H,25,27)/t19-/m0/s1. The molecule has 1 saturated carbocycles.